The summed E-state index contributed by atoms with van der Waals surface area (Å²) in [5.41, 5.74) is 3.73. The molecule has 0 fully saturated rings. The molecule has 2 aromatic rings. The first-order valence-electron chi connectivity index (χ1n) is 10.7. The molecule has 1 aromatic heterocycles. The third-order valence-corrected chi connectivity index (χ3v) is 5.63. The third-order valence-electron chi connectivity index (χ3n) is 5.01. The lowest BCUT2D eigenvalue weighted by atomic mass is 9.89. The molecular formula is C23H30BrN3O5. The zero-order valence-electron chi connectivity index (χ0n) is 19.2. The molecule has 1 N–H and O–H groups in total. The molecule has 0 spiro atoms. The fourth-order valence-electron chi connectivity index (χ4n) is 3.71. The zero-order chi connectivity index (χ0) is 23.5. The maximum atomic E-state index is 12.8. The number of carbonyl (C=O) groups is 2. The summed E-state index contributed by atoms with van der Waals surface area (Å²) in [5.74, 6) is 0.392. The van der Waals surface area contributed by atoms with Crippen molar-refractivity contribution in [1.82, 2.24) is 15.1 Å². The quantitative estimate of drug-likeness (QED) is 0.437. The van der Waals surface area contributed by atoms with Gasteiger partial charge in [0.1, 0.15) is 17.0 Å². The van der Waals surface area contributed by atoms with Crippen LogP contribution in [0.3, 0.4) is 0 Å². The molecule has 0 aliphatic heterocycles. The lowest BCUT2D eigenvalue weighted by Gasteiger charge is -2.19. The average molecular weight is 508 g/mol. The van der Waals surface area contributed by atoms with Crippen LogP contribution in [0.4, 0.5) is 4.79 Å². The Hall–Kier alpha value is -2.55. The second kappa shape index (κ2) is 9.94. The van der Waals surface area contributed by atoms with Crippen molar-refractivity contribution in [3.05, 3.63) is 33.4 Å². The Kier molecular flexibility index (Phi) is 7.48. The maximum Gasteiger partial charge on any atom is 0.407 e. The van der Waals surface area contributed by atoms with Crippen LogP contribution in [0.5, 0.6) is 5.75 Å². The lowest BCUT2D eigenvalue weighted by Crippen LogP contribution is -2.33. The van der Waals surface area contributed by atoms with Crippen molar-refractivity contribution >= 4 is 28.0 Å². The van der Waals surface area contributed by atoms with Crippen LogP contribution in [0.25, 0.3) is 11.3 Å². The van der Waals surface area contributed by atoms with Gasteiger partial charge in [-0.15, -0.1) is 0 Å². The number of fused-ring (bicyclic) bond motifs is 3. The van der Waals surface area contributed by atoms with Crippen LogP contribution in [0.2, 0.25) is 0 Å². The summed E-state index contributed by atoms with van der Waals surface area (Å²) in [6.45, 7) is 8.40. The fraction of sp³-hybridized carbons (Fsp3) is 0.522. The van der Waals surface area contributed by atoms with E-state index in [0.29, 0.717) is 38.2 Å². The molecule has 9 heteroatoms. The van der Waals surface area contributed by atoms with Crippen molar-refractivity contribution in [2.45, 2.75) is 59.1 Å². The van der Waals surface area contributed by atoms with Crippen molar-refractivity contribution in [1.29, 1.82) is 0 Å². The second-order valence-corrected chi connectivity index (χ2v) is 9.40. The standard InChI is InChI=1S/C23H30BrN3O5/c1-6-31-21(28)20-15-9-8-14-12-18(30-5)17(24)13-16(14)19(15)26-27(20)11-7-10-25-22(29)32-23(2,3)4/h12-13H,6-11H2,1-5H3,(H,25,29). The number of rotatable bonds is 7. The maximum absolute atomic E-state index is 12.8. The molecular weight excluding hydrogens is 478 g/mol. The predicted octanol–water partition coefficient (Wildman–Crippen LogP) is 4.51. The highest BCUT2D eigenvalue weighted by atomic mass is 79.9. The molecule has 1 amide bonds. The minimum atomic E-state index is -0.549. The molecule has 8 nitrogen and oxygen atoms in total. The third kappa shape index (κ3) is 5.43. The van der Waals surface area contributed by atoms with Crippen molar-refractivity contribution < 1.29 is 23.8 Å². The number of hydrogen-bond acceptors (Lipinski definition) is 6. The number of aryl methyl sites for hydroxylation is 2. The number of nitrogens with zero attached hydrogens (tertiary/aromatic N) is 2. The number of hydrogen-bond donors (Lipinski definition) is 1. The van der Waals surface area contributed by atoms with Gasteiger partial charge < -0.3 is 19.5 Å². The van der Waals surface area contributed by atoms with Crippen LogP contribution in [0, 0.1) is 0 Å². The first-order valence-corrected chi connectivity index (χ1v) is 11.5. The van der Waals surface area contributed by atoms with E-state index in [4.69, 9.17) is 19.3 Å². The van der Waals surface area contributed by atoms with E-state index < -0.39 is 11.7 Å². The summed E-state index contributed by atoms with van der Waals surface area (Å²) >= 11 is 3.55. The molecule has 0 saturated carbocycles. The number of esters is 1. The number of nitrogens with one attached hydrogen (secondary N) is 1. The number of halogens is 1. The molecule has 1 aliphatic rings. The number of amides is 1. The van der Waals surface area contributed by atoms with Gasteiger partial charge in [0.15, 0.2) is 0 Å². The van der Waals surface area contributed by atoms with Gasteiger partial charge in [-0.3, -0.25) is 4.68 Å². The van der Waals surface area contributed by atoms with Crippen molar-refractivity contribution in [2.75, 3.05) is 20.3 Å². The number of alkyl carbamates (subject to hydrolysis) is 1. The first-order chi connectivity index (χ1) is 15.1. The monoisotopic (exact) mass is 507 g/mol. The largest absolute Gasteiger partial charge is 0.496 e. The van der Waals surface area contributed by atoms with Crippen molar-refractivity contribution in [2.24, 2.45) is 0 Å². The van der Waals surface area contributed by atoms with Gasteiger partial charge in [0.2, 0.25) is 0 Å². The minimum Gasteiger partial charge on any atom is -0.496 e. The van der Waals surface area contributed by atoms with E-state index in [-0.39, 0.29) is 5.97 Å². The van der Waals surface area contributed by atoms with Gasteiger partial charge in [-0.25, -0.2) is 9.59 Å². The molecule has 1 aromatic carbocycles. The highest BCUT2D eigenvalue weighted by Crippen LogP contribution is 2.40. The molecule has 3 rings (SSSR count). The molecule has 0 bridgehead atoms. The van der Waals surface area contributed by atoms with E-state index >= 15 is 0 Å². The van der Waals surface area contributed by atoms with E-state index in [1.54, 1.807) is 18.7 Å². The molecule has 1 heterocycles. The number of aromatic nitrogens is 2. The molecule has 1 aliphatic carbocycles. The second-order valence-electron chi connectivity index (χ2n) is 8.55. The minimum absolute atomic E-state index is 0.290. The summed E-state index contributed by atoms with van der Waals surface area (Å²) in [4.78, 5) is 24.6. The summed E-state index contributed by atoms with van der Waals surface area (Å²) < 4.78 is 18.5. The van der Waals surface area contributed by atoms with Crippen LogP contribution >= 0.6 is 15.9 Å². The normalized spacial score (nSPS) is 12.6. The van der Waals surface area contributed by atoms with Gasteiger partial charge in [-0.1, -0.05) is 0 Å². The topological polar surface area (TPSA) is 91.7 Å². The number of benzene rings is 1. The Bertz CT molecular complexity index is 1010. The van der Waals surface area contributed by atoms with Crippen LogP contribution in [0.1, 0.15) is 55.7 Å². The van der Waals surface area contributed by atoms with Crippen LogP contribution in [-0.4, -0.2) is 47.7 Å². The van der Waals surface area contributed by atoms with Crippen molar-refractivity contribution in [3.63, 3.8) is 0 Å². The van der Waals surface area contributed by atoms with E-state index in [2.05, 4.69) is 21.2 Å². The molecule has 174 valence electrons. The zero-order valence-corrected chi connectivity index (χ0v) is 20.8. The molecule has 0 radical (unpaired) electrons. The molecule has 0 saturated heterocycles. The van der Waals surface area contributed by atoms with Gasteiger partial charge in [-0.05, 0) is 80.6 Å². The number of methoxy groups -OCH3 is 1. The predicted molar refractivity (Wildman–Crippen MR) is 124 cm³/mol. The smallest absolute Gasteiger partial charge is 0.407 e. The van der Waals surface area contributed by atoms with Crippen LogP contribution in [0.15, 0.2) is 16.6 Å². The summed E-state index contributed by atoms with van der Waals surface area (Å²) in [5, 5.41) is 7.52. The Morgan fingerprint density at radius 2 is 2.00 bits per heavy atom. The van der Waals surface area contributed by atoms with Crippen LogP contribution in [-0.2, 0) is 28.9 Å². The Morgan fingerprint density at radius 1 is 1.25 bits per heavy atom. The molecule has 32 heavy (non-hydrogen) atoms. The van der Waals surface area contributed by atoms with E-state index in [1.165, 1.54) is 0 Å². The Balaban J connectivity index is 1.83. The summed E-state index contributed by atoms with van der Waals surface area (Å²) in [7, 11) is 1.64. The highest BCUT2D eigenvalue weighted by molar-refractivity contribution is 9.10. The van der Waals surface area contributed by atoms with Crippen molar-refractivity contribution in [3.8, 4) is 17.0 Å². The summed E-state index contributed by atoms with van der Waals surface area (Å²) in [6, 6.07) is 4.00. The molecule has 0 unspecified atom stereocenters. The number of ether oxygens (including phenoxy) is 3. The van der Waals surface area contributed by atoms with Crippen LogP contribution < -0.4 is 10.1 Å². The van der Waals surface area contributed by atoms with Gasteiger partial charge in [0.05, 0.1) is 23.9 Å². The Labute approximate surface area is 196 Å². The fourth-order valence-corrected chi connectivity index (χ4v) is 4.22. The number of carbonyl (C=O) groups excluding carboxylic acids is 2. The van der Waals surface area contributed by atoms with E-state index in [1.807, 2.05) is 32.9 Å². The Morgan fingerprint density at radius 3 is 2.66 bits per heavy atom. The van der Waals surface area contributed by atoms with E-state index in [0.717, 1.165) is 39.0 Å². The van der Waals surface area contributed by atoms with Gasteiger partial charge >= 0.3 is 12.1 Å². The van der Waals surface area contributed by atoms with E-state index in [9.17, 15) is 9.59 Å². The lowest BCUT2D eigenvalue weighted by molar-refractivity contribution is 0.0500. The summed E-state index contributed by atoms with van der Waals surface area (Å²) in [6.07, 6.45) is 1.60. The highest BCUT2D eigenvalue weighted by Gasteiger charge is 2.30. The SMILES string of the molecule is CCOC(=O)c1c2c(nn1CCCNC(=O)OC(C)(C)C)-c1cc(Br)c(OC)cc1CC2. The first kappa shape index (κ1) is 24.1. The van der Waals surface area contributed by atoms with Gasteiger partial charge in [-0.2, -0.15) is 5.10 Å². The van der Waals surface area contributed by atoms with Gasteiger partial charge in [0.25, 0.3) is 0 Å². The average Bonchev–Trinajstić information content (AvgIpc) is 3.08. The van der Waals surface area contributed by atoms with Gasteiger partial charge in [0, 0.05) is 24.2 Å². The molecule has 0 atom stereocenters.